The summed E-state index contributed by atoms with van der Waals surface area (Å²) in [6.07, 6.45) is 2.26. The molecule has 0 aliphatic heterocycles. The molecular formula is C19H25N5O3. The molecule has 1 saturated carbocycles. The van der Waals surface area contributed by atoms with Crippen LogP contribution in [-0.4, -0.2) is 32.6 Å². The number of nitro groups is 1. The van der Waals surface area contributed by atoms with E-state index >= 15 is 0 Å². The van der Waals surface area contributed by atoms with Crippen LogP contribution in [0.25, 0.3) is 0 Å². The van der Waals surface area contributed by atoms with E-state index in [4.69, 9.17) is 0 Å². The third-order valence-corrected chi connectivity index (χ3v) is 4.68. The van der Waals surface area contributed by atoms with E-state index in [0.29, 0.717) is 24.2 Å². The second kappa shape index (κ2) is 8.30. The second-order valence-corrected chi connectivity index (χ2v) is 7.23. The Morgan fingerprint density at radius 3 is 2.52 bits per heavy atom. The highest BCUT2D eigenvalue weighted by Gasteiger charge is 2.26. The smallest absolute Gasteiger partial charge is 0.269 e. The molecule has 0 amide bonds. The van der Waals surface area contributed by atoms with Gasteiger partial charge in [0.05, 0.1) is 23.3 Å². The predicted octanol–water partition coefficient (Wildman–Crippen LogP) is 3.30. The van der Waals surface area contributed by atoms with Crippen LogP contribution in [0.15, 0.2) is 30.3 Å². The number of anilines is 2. The molecule has 1 aliphatic carbocycles. The molecular weight excluding hydrogens is 346 g/mol. The van der Waals surface area contributed by atoms with Crippen molar-refractivity contribution < 1.29 is 10.0 Å². The van der Waals surface area contributed by atoms with Gasteiger partial charge in [0.1, 0.15) is 5.82 Å². The van der Waals surface area contributed by atoms with Crippen molar-refractivity contribution in [2.75, 3.05) is 17.2 Å². The zero-order valence-corrected chi connectivity index (χ0v) is 15.6. The average Bonchev–Trinajstić information content (AvgIpc) is 3.49. The molecule has 3 rings (SSSR count). The number of nitrogens with zero attached hydrogens (tertiary/aromatic N) is 3. The number of nitro benzene ring substituents is 1. The maximum atomic E-state index is 10.7. The van der Waals surface area contributed by atoms with Crippen molar-refractivity contribution in [1.82, 2.24) is 9.97 Å². The molecule has 2 aromatic rings. The van der Waals surface area contributed by atoms with Crippen molar-refractivity contribution in [1.29, 1.82) is 0 Å². The number of benzene rings is 1. The number of hydrogen-bond acceptors (Lipinski definition) is 7. The van der Waals surface area contributed by atoms with Gasteiger partial charge in [-0.25, -0.2) is 4.98 Å². The van der Waals surface area contributed by atoms with Crippen molar-refractivity contribution in [2.24, 2.45) is 5.92 Å². The maximum Gasteiger partial charge on any atom is 0.269 e. The lowest BCUT2D eigenvalue weighted by Gasteiger charge is -2.20. The minimum atomic E-state index is -0.409. The van der Waals surface area contributed by atoms with Gasteiger partial charge in [-0.3, -0.25) is 10.1 Å². The van der Waals surface area contributed by atoms with Crippen molar-refractivity contribution in [2.45, 2.75) is 45.2 Å². The standard InChI is InChI=1S/C19H25N5O3/c1-12(2)17(11-25)22-19-21-16(14-5-6-14)9-18(23-19)20-10-13-3-7-15(8-4-13)24(26)27/h3-4,7-9,12,14,17,25H,5-6,10-11H2,1-2H3,(H2,20,21,22,23)/t17-/m0/s1. The van der Waals surface area contributed by atoms with Gasteiger partial charge in [-0.2, -0.15) is 4.98 Å². The van der Waals surface area contributed by atoms with E-state index in [1.807, 2.05) is 19.9 Å². The highest BCUT2D eigenvalue weighted by Crippen LogP contribution is 2.40. The third-order valence-electron chi connectivity index (χ3n) is 4.68. The van der Waals surface area contributed by atoms with E-state index in [2.05, 4.69) is 20.6 Å². The topological polar surface area (TPSA) is 113 Å². The molecule has 1 fully saturated rings. The highest BCUT2D eigenvalue weighted by molar-refractivity contribution is 5.45. The second-order valence-electron chi connectivity index (χ2n) is 7.23. The molecule has 0 saturated heterocycles. The minimum absolute atomic E-state index is 0.0141. The number of nitrogens with one attached hydrogen (secondary N) is 2. The molecule has 3 N–H and O–H groups in total. The van der Waals surface area contributed by atoms with E-state index < -0.39 is 4.92 Å². The highest BCUT2D eigenvalue weighted by atomic mass is 16.6. The Hall–Kier alpha value is -2.74. The Morgan fingerprint density at radius 1 is 1.26 bits per heavy atom. The Morgan fingerprint density at radius 2 is 1.96 bits per heavy atom. The molecule has 8 nitrogen and oxygen atoms in total. The largest absolute Gasteiger partial charge is 0.394 e. The average molecular weight is 371 g/mol. The van der Waals surface area contributed by atoms with Gasteiger partial charge in [-0.15, -0.1) is 0 Å². The van der Waals surface area contributed by atoms with Crippen LogP contribution in [0.1, 0.15) is 43.9 Å². The first-order chi connectivity index (χ1) is 13.0. The van der Waals surface area contributed by atoms with Crippen LogP contribution in [0, 0.1) is 16.0 Å². The Kier molecular flexibility index (Phi) is 5.85. The molecule has 144 valence electrons. The lowest BCUT2D eigenvalue weighted by atomic mass is 10.1. The van der Waals surface area contributed by atoms with E-state index in [9.17, 15) is 15.2 Å². The molecule has 1 aliphatic rings. The number of aliphatic hydroxyl groups is 1. The molecule has 27 heavy (non-hydrogen) atoms. The molecule has 0 radical (unpaired) electrons. The van der Waals surface area contributed by atoms with Crippen LogP contribution in [0.2, 0.25) is 0 Å². The van der Waals surface area contributed by atoms with E-state index in [1.54, 1.807) is 12.1 Å². The fraction of sp³-hybridized carbons (Fsp3) is 0.474. The Labute approximate surface area is 158 Å². The summed E-state index contributed by atoms with van der Waals surface area (Å²) in [5.41, 5.74) is 2.00. The summed E-state index contributed by atoms with van der Waals surface area (Å²) < 4.78 is 0. The summed E-state index contributed by atoms with van der Waals surface area (Å²) in [5.74, 6) is 1.94. The number of non-ortho nitro benzene ring substituents is 1. The van der Waals surface area contributed by atoms with Crippen molar-refractivity contribution in [3.8, 4) is 0 Å². The molecule has 0 bridgehead atoms. The van der Waals surface area contributed by atoms with Crippen LogP contribution >= 0.6 is 0 Å². The van der Waals surface area contributed by atoms with E-state index in [0.717, 1.165) is 24.1 Å². The molecule has 0 spiro atoms. The van der Waals surface area contributed by atoms with Crippen LogP contribution in [0.4, 0.5) is 17.5 Å². The van der Waals surface area contributed by atoms with Gasteiger partial charge in [-0.05, 0) is 24.3 Å². The van der Waals surface area contributed by atoms with Crippen molar-refractivity contribution in [3.63, 3.8) is 0 Å². The monoisotopic (exact) mass is 371 g/mol. The molecule has 1 atom stereocenters. The fourth-order valence-electron chi connectivity index (χ4n) is 2.73. The van der Waals surface area contributed by atoms with Gasteiger partial charge in [-0.1, -0.05) is 26.0 Å². The Bertz CT molecular complexity index is 790. The third kappa shape index (κ3) is 5.13. The zero-order chi connectivity index (χ0) is 19.4. The van der Waals surface area contributed by atoms with Gasteiger partial charge in [0.2, 0.25) is 5.95 Å². The lowest BCUT2D eigenvalue weighted by Crippen LogP contribution is -2.30. The molecule has 1 heterocycles. The predicted molar refractivity (Wildman–Crippen MR) is 104 cm³/mol. The van der Waals surface area contributed by atoms with Crippen LogP contribution in [0.3, 0.4) is 0 Å². The fourth-order valence-corrected chi connectivity index (χ4v) is 2.73. The minimum Gasteiger partial charge on any atom is -0.394 e. The van der Waals surface area contributed by atoms with Crippen LogP contribution < -0.4 is 10.6 Å². The van der Waals surface area contributed by atoms with Crippen LogP contribution in [-0.2, 0) is 6.54 Å². The van der Waals surface area contributed by atoms with E-state index in [-0.39, 0.29) is 24.3 Å². The van der Waals surface area contributed by atoms with Gasteiger partial charge >= 0.3 is 0 Å². The summed E-state index contributed by atoms with van der Waals surface area (Å²) >= 11 is 0. The van der Waals surface area contributed by atoms with Crippen LogP contribution in [0.5, 0.6) is 0 Å². The summed E-state index contributed by atoms with van der Waals surface area (Å²) in [5, 5.41) is 26.8. The normalized spacial score (nSPS) is 14.8. The first-order valence-electron chi connectivity index (χ1n) is 9.20. The Balaban J connectivity index is 1.72. The van der Waals surface area contributed by atoms with Crippen molar-refractivity contribution in [3.05, 3.63) is 51.7 Å². The number of rotatable bonds is 9. The molecule has 1 aromatic carbocycles. The van der Waals surface area contributed by atoms with E-state index in [1.165, 1.54) is 12.1 Å². The maximum absolute atomic E-state index is 10.7. The number of aliphatic hydroxyl groups excluding tert-OH is 1. The van der Waals surface area contributed by atoms with Crippen molar-refractivity contribution >= 4 is 17.5 Å². The number of hydrogen-bond donors (Lipinski definition) is 3. The van der Waals surface area contributed by atoms with Gasteiger partial charge in [0, 0.05) is 30.7 Å². The SMILES string of the molecule is CC(C)[C@H](CO)Nc1nc(NCc2ccc([N+](=O)[O-])cc2)cc(C2CC2)n1. The molecule has 1 aromatic heterocycles. The van der Waals surface area contributed by atoms with Gasteiger partial charge in [0.25, 0.3) is 5.69 Å². The molecule has 8 heteroatoms. The first kappa shape index (κ1) is 19.0. The number of aromatic nitrogens is 2. The first-order valence-corrected chi connectivity index (χ1v) is 9.20. The summed E-state index contributed by atoms with van der Waals surface area (Å²) in [6, 6.07) is 8.29. The van der Waals surface area contributed by atoms with Gasteiger partial charge < -0.3 is 15.7 Å². The summed E-state index contributed by atoms with van der Waals surface area (Å²) in [7, 11) is 0. The molecule has 0 unspecified atom stereocenters. The summed E-state index contributed by atoms with van der Waals surface area (Å²) in [4.78, 5) is 19.5. The van der Waals surface area contributed by atoms with Gasteiger partial charge in [0.15, 0.2) is 0 Å². The lowest BCUT2D eigenvalue weighted by molar-refractivity contribution is -0.384. The zero-order valence-electron chi connectivity index (χ0n) is 15.6. The summed E-state index contributed by atoms with van der Waals surface area (Å²) in [6.45, 7) is 4.59. The quantitative estimate of drug-likeness (QED) is 0.458.